The summed E-state index contributed by atoms with van der Waals surface area (Å²) in [4.78, 5) is 62.1. The lowest BCUT2D eigenvalue weighted by atomic mass is 9.71. The third-order valence-corrected chi connectivity index (χ3v) is 10.6. The van der Waals surface area contributed by atoms with Crippen molar-refractivity contribution in [3.05, 3.63) is 136 Å². The van der Waals surface area contributed by atoms with Crippen LogP contribution in [-0.4, -0.2) is 52.6 Å². The number of ketones is 2. The van der Waals surface area contributed by atoms with Crippen LogP contribution in [0.1, 0.15) is 125 Å². The van der Waals surface area contributed by atoms with Crippen molar-refractivity contribution in [2.75, 3.05) is 11.1 Å². The number of Topliss-reactive ketones (excluding diaryl/α,β-unsaturated/α-hetero) is 2. The van der Waals surface area contributed by atoms with Gasteiger partial charge in [0.1, 0.15) is 0 Å². The molecule has 0 bridgehead atoms. The molecule has 0 spiro atoms. The molecule has 8 nitrogen and oxygen atoms in total. The van der Waals surface area contributed by atoms with E-state index >= 15 is 0 Å². The lowest BCUT2D eigenvalue weighted by Crippen LogP contribution is -2.55. The summed E-state index contributed by atoms with van der Waals surface area (Å²) in [5.41, 5.74) is 0.327. The average Bonchev–Trinajstić information content (AvgIpc) is 3.42. The monoisotopic (exact) mass is 821 g/mol. The molecule has 1 unspecified atom stereocenters. The molecule has 4 aromatic rings. The second-order valence-corrected chi connectivity index (χ2v) is 14.9. The molecule has 312 valence electrons. The van der Waals surface area contributed by atoms with Crippen molar-refractivity contribution in [1.29, 1.82) is 0 Å². The van der Waals surface area contributed by atoms with Gasteiger partial charge in [-0.2, -0.15) is 26.3 Å². The number of carbonyl (C=O) groups is 5. The second-order valence-electron chi connectivity index (χ2n) is 14.9. The minimum atomic E-state index is -5.99. The topological polar surface area (TPSA) is 127 Å². The summed E-state index contributed by atoms with van der Waals surface area (Å²) in [5, 5.41) is 2.80. The second kappa shape index (κ2) is 17.4. The van der Waals surface area contributed by atoms with Crippen LogP contribution < -0.4 is 11.1 Å². The van der Waals surface area contributed by atoms with E-state index in [0.29, 0.717) is 36.4 Å². The summed E-state index contributed by atoms with van der Waals surface area (Å²) in [5.74, 6) is -3.60. The SMILES string of the molecule is CCC(C)(C)c1ccc(/C=C/C(=O)Nc2ccc(N)cc2)cc1.CCC(C)N1C(=O)c2ccc(C(c3ccc(C(C)=O)c(C(C)=O)c3)(C(F)(F)F)C(F)(F)F)cc2C1=O. The number of nitrogens with zero attached hydrogens (tertiary/aromatic N) is 1. The van der Waals surface area contributed by atoms with Crippen LogP contribution in [0.5, 0.6) is 0 Å². The lowest BCUT2D eigenvalue weighted by Gasteiger charge is -2.38. The van der Waals surface area contributed by atoms with Gasteiger partial charge in [0, 0.05) is 34.6 Å². The molecule has 3 amide bonds. The number of anilines is 2. The van der Waals surface area contributed by atoms with Crippen molar-refractivity contribution in [2.24, 2.45) is 0 Å². The molecule has 0 aromatic heterocycles. The van der Waals surface area contributed by atoms with Gasteiger partial charge in [0.2, 0.25) is 11.3 Å². The lowest BCUT2D eigenvalue weighted by molar-refractivity contribution is -0.288. The van der Waals surface area contributed by atoms with E-state index in [1.54, 1.807) is 31.2 Å². The molecule has 1 aliphatic rings. The number of rotatable bonds is 11. The Morgan fingerprint density at radius 1 is 0.712 bits per heavy atom. The van der Waals surface area contributed by atoms with E-state index < -0.39 is 69.4 Å². The number of amides is 3. The van der Waals surface area contributed by atoms with E-state index in [0.717, 1.165) is 48.6 Å². The standard InChI is InChI=1S/C25H21F6NO4.C20H24N2O/c1-5-12(2)32-21(35)18-9-7-16(11-20(18)22(32)36)23(24(26,27)28,25(29,30)31)15-6-8-17(13(3)33)19(10-15)14(4)34;1-4-20(2,3)16-8-5-15(6-9-16)7-14-19(23)22-18-12-10-17(21)11-13-18/h6-12H,5H2,1-4H3;5-14H,4,21H2,1-3H3,(H,22,23)/b;14-7+. The number of imide groups is 1. The smallest absolute Gasteiger partial charge is 0.399 e. The number of halogens is 6. The number of nitrogen functional groups attached to an aromatic ring is 1. The molecule has 4 aromatic carbocycles. The predicted molar refractivity (Wildman–Crippen MR) is 214 cm³/mol. The van der Waals surface area contributed by atoms with Crippen molar-refractivity contribution >= 4 is 46.7 Å². The van der Waals surface area contributed by atoms with Gasteiger partial charge in [-0.15, -0.1) is 0 Å². The van der Waals surface area contributed by atoms with Crippen molar-refractivity contribution < 1.29 is 50.3 Å². The highest BCUT2D eigenvalue weighted by atomic mass is 19.4. The van der Waals surface area contributed by atoms with Gasteiger partial charge in [0.25, 0.3) is 11.8 Å². The van der Waals surface area contributed by atoms with Crippen LogP contribution >= 0.6 is 0 Å². The number of benzene rings is 4. The minimum Gasteiger partial charge on any atom is -0.399 e. The summed E-state index contributed by atoms with van der Waals surface area (Å²) in [6.45, 7) is 11.8. The largest absolute Gasteiger partial charge is 0.411 e. The molecule has 0 radical (unpaired) electrons. The Bertz CT molecular complexity index is 2260. The first kappa shape index (κ1) is 45.6. The maximum atomic E-state index is 14.6. The van der Waals surface area contributed by atoms with E-state index in [2.05, 4.69) is 38.2 Å². The van der Waals surface area contributed by atoms with E-state index in [1.807, 2.05) is 18.2 Å². The molecule has 0 aliphatic carbocycles. The molecular weight excluding hydrogens is 776 g/mol. The number of nitrogens with two attached hydrogens (primary N) is 1. The normalized spacial score (nSPS) is 13.8. The minimum absolute atomic E-state index is 0.160. The highest BCUT2D eigenvalue weighted by Crippen LogP contribution is 2.57. The summed E-state index contributed by atoms with van der Waals surface area (Å²) in [6, 6.07) is 18.1. The Labute approximate surface area is 338 Å². The van der Waals surface area contributed by atoms with Gasteiger partial charge >= 0.3 is 12.4 Å². The average molecular weight is 822 g/mol. The van der Waals surface area contributed by atoms with Crippen molar-refractivity contribution in [1.82, 2.24) is 4.90 Å². The zero-order valence-corrected chi connectivity index (χ0v) is 33.6. The van der Waals surface area contributed by atoms with Gasteiger partial charge < -0.3 is 11.1 Å². The van der Waals surface area contributed by atoms with Gasteiger partial charge in [-0.1, -0.05) is 70.2 Å². The van der Waals surface area contributed by atoms with Crippen LogP contribution in [0, 0.1) is 0 Å². The predicted octanol–water partition coefficient (Wildman–Crippen LogP) is 10.5. The third-order valence-electron chi connectivity index (χ3n) is 10.6. The molecule has 1 atom stereocenters. The van der Waals surface area contributed by atoms with Crippen LogP contribution in [0.2, 0.25) is 0 Å². The quantitative estimate of drug-likeness (QED) is 0.0510. The van der Waals surface area contributed by atoms with Crippen molar-refractivity contribution in [2.45, 2.75) is 90.5 Å². The van der Waals surface area contributed by atoms with E-state index in [-0.39, 0.29) is 22.4 Å². The van der Waals surface area contributed by atoms with E-state index in [4.69, 9.17) is 5.73 Å². The van der Waals surface area contributed by atoms with Crippen LogP contribution in [0.3, 0.4) is 0 Å². The van der Waals surface area contributed by atoms with E-state index in [1.165, 1.54) is 18.6 Å². The Hall–Kier alpha value is -6.05. The Kier molecular flexibility index (Phi) is 13.5. The van der Waals surface area contributed by atoms with Crippen LogP contribution in [-0.2, 0) is 15.6 Å². The van der Waals surface area contributed by atoms with Crippen molar-refractivity contribution in [3.63, 3.8) is 0 Å². The van der Waals surface area contributed by atoms with Gasteiger partial charge in [-0.05, 0) is 110 Å². The molecule has 3 N–H and O–H groups in total. The first-order valence-corrected chi connectivity index (χ1v) is 18.7. The fourth-order valence-electron chi connectivity index (χ4n) is 6.61. The fraction of sp³-hybridized carbons (Fsp3) is 0.311. The molecule has 14 heteroatoms. The Morgan fingerprint density at radius 3 is 1.73 bits per heavy atom. The van der Waals surface area contributed by atoms with Gasteiger partial charge in [-0.3, -0.25) is 28.9 Å². The highest BCUT2D eigenvalue weighted by Gasteiger charge is 2.72. The molecule has 5 rings (SSSR count). The van der Waals surface area contributed by atoms with Crippen LogP contribution in [0.4, 0.5) is 37.7 Å². The molecule has 59 heavy (non-hydrogen) atoms. The molecule has 0 saturated heterocycles. The molecule has 1 heterocycles. The zero-order chi connectivity index (χ0) is 44.2. The van der Waals surface area contributed by atoms with Crippen LogP contribution in [0.15, 0.2) is 91.0 Å². The van der Waals surface area contributed by atoms with Crippen molar-refractivity contribution in [3.8, 4) is 0 Å². The van der Waals surface area contributed by atoms with Gasteiger partial charge in [-0.25, -0.2) is 0 Å². The summed E-state index contributed by atoms with van der Waals surface area (Å²) in [7, 11) is 0. The number of alkyl halides is 6. The summed E-state index contributed by atoms with van der Waals surface area (Å²) < 4.78 is 87.5. The Balaban J connectivity index is 0.000000288. The third kappa shape index (κ3) is 9.32. The van der Waals surface area contributed by atoms with E-state index in [9.17, 15) is 50.3 Å². The fourth-order valence-corrected chi connectivity index (χ4v) is 6.61. The number of carbonyl (C=O) groups excluding carboxylic acids is 5. The number of nitrogens with one attached hydrogen (secondary N) is 1. The molecule has 0 saturated carbocycles. The van der Waals surface area contributed by atoms with Gasteiger partial charge in [0.15, 0.2) is 11.6 Å². The molecular formula is C45H45F6N3O5. The zero-order valence-electron chi connectivity index (χ0n) is 33.6. The highest BCUT2D eigenvalue weighted by molar-refractivity contribution is 6.21. The van der Waals surface area contributed by atoms with Crippen LogP contribution in [0.25, 0.3) is 6.08 Å². The van der Waals surface area contributed by atoms with Gasteiger partial charge in [0.05, 0.1) is 11.1 Å². The first-order chi connectivity index (χ1) is 27.4. The Morgan fingerprint density at radius 2 is 1.22 bits per heavy atom. The maximum absolute atomic E-state index is 14.6. The summed E-state index contributed by atoms with van der Waals surface area (Å²) >= 11 is 0. The first-order valence-electron chi connectivity index (χ1n) is 18.7. The number of fused-ring (bicyclic) bond motifs is 1. The number of hydrogen-bond acceptors (Lipinski definition) is 6. The maximum Gasteiger partial charge on any atom is 0.411 e. The molecule has 1 aliphatic heterocycles. The summed E-state index contributed by atoms with van der Waals surface area (Å²) in [6.07, 6.45) is -7.22. The number of hydrogen-bond donors (Lipinski definition) is 2. The molecule has 0 fully saturated rings.